The molecule has 6 nitrogen and oxygen atoms in total. The van der Waals surface area contributed by atoms with Crippen LogP contribution in [0.15, 0.2) is 57.4 Å². The smallest absolute Gasteiger partial charge is 0.322 e. The van der Waals surface area contributed by atoms with Crippen molar-refractivity contribution in [3.8, 4) is 5.69 Å². The molecule has 0 aliphatic carbocycles. The van der Waals surface area contributed by atoms with Gasteiger partial charge in [0, 0.05) is 6.07 Å². The third-order valence-electron chi connectivity index (χ3n) is 5.08. The highest BCUT2D eigenvalue weighted by molar-refractivity contribution is 7.17. The molecule has 4 aromatic rings. The molecule has 158 valence electrons. The Hall–Kier alpha value is -3.59. The Morgan fingerprint density at radius 3 is 2.61 bits per heavy atom. The number of hydrogen-bond acceptors (Lipinski definition) is 4. The Bertz CT molecular complexity index is 1450. The maximum atomic E-state index is 13.9. The van der Waals surface area contributed by atoms with Gasteiger partial charge in [0.2, 0.25) is 5.91 Å². The summed E-state index contributed by atoms with van der Waals surface area (Å²) in [6, 6.07) is 9.64. The van der Waals surface area contributed by atoms with Crippen molar-refractivity contribution in [1.29, 1.82) is 0 Å². The molecule has 0 saturated carbocycles. The molecule has 0 bridgehead atoms. The normalized spacial score (nSPS) is 11.1. The second kappa shape index (κ2) is 7.92. The lowest BCUT2D eigenvalue weighted by molar-refractivity contribution is -0.116. The first-order valence-corrected chi connectivity index (χ1v) is 10.2. The predicted molar refractivity (Wildman–Crippen MR) is 116 cm³/mol. The van der Waals surface area contributed by atoms with Crippen molar-refractivity contribution in [2.45, 2.75) is 20.4 Å². The van der Waals surface area contributed by atoms with Crippen molar-refractivity contribution in [2.75, 3.05) is 5.32 Å². The van der Waals surface area contributed by atoms with E-state index in [1.54, 1.807) is 23.6 Å². The van der Waals surface area contributed by atoms with Crippen LogP contribution in [0, 0.1) is 25.5 Å². The number of nitrogens with zero attached hydrogens (tertiary/aromatic N) is 2. The molecule has 2 heterocycles. The largest absolute Gasteiger partial charge is 0.336 e. The van der Waals surface area contributed by atoms with E-state index in [4.69, 9.17) is 0 Å². The van der Waals surface area contributed by atoms with Crippen LogP contribution in [-0.2, 0) is 11.3 Å². The molecular weight excluding hydrogens is 424 g/mol. The highest BCUT2D eigenvalue weighted by atomic mass is 32.1. The summed E-state index contributed by atoms with van der Waals surface area (Å²) in [5.41, 5.74) is 1.07. The Balaban J connectivity index is 1.82. The Kier molecular flexibility index (Phi) is 5.28. The van der Waals surface area contributed by atoms with Crippen LogP contribution in [0.25, 0.3) is 15.9 Å². The monoisotopic (exact) mass is 441 g/mol. The summed E-state index contributed by atoms with van der Waals surface area (Å²) >= 11 is 1.16. The number of halogens is 2. The van der Waals surface area contributed by atoms with Gasteiger partial charge >= 0.3 is 5.69 Å². The van der Waals surface area contributed by atoms with Gasteiger partial charge in [-0.2, -0.15) is 0 Å². The van der Waals surface area contributed by atoms with Gasteiger partial charge in [-0.1, -0.05) is 12.1 Å². The molecule has 31 heavy (non-hydrogen) atoms. The number of aryl methyl sites for hydroxylation is 1. The van der Waals surface area contributed by atoms with Gasteiger partial charge in [0.15, 0.2) is 0 Å². The van der Waals surface area contributed by atoms with Gasteiger partial charge in [-0.3, -0.25) is 14.2 Å². The van der Waals surface area contributed by atoms with Gasteiger partial charge in [-0.15, -0.1) is 11.3 Å². The predicted octanol–water partition coefficient (Wildman–Crippen LogP) is 3.75. The number of nitrogens with one attached hydrogen (secondary N) is 1. The van der Waals surface area contributed by atoms with E-state index < -0.39 is 35.3 Å². The number of hydrogen-bond donors (Lipinski definition) is 1. The van der Waals surface area contributed by atoms with Crippen LogP contribution < -0.4 is 16.6 Å². The summed E-state index contributed by atoms with van der Waals surface area (Å²) in [4.78, 5) is 38.9. The van der Waals surface area contributed by atoms with Crippen LogP contribution in [0.1, 0.15) is 11.1 Å². The first kappa shape index (κ1) is 20.7. The minimum Gasteiger partial charge on any atom is -0.322 e. The van der Waals surface area contributed by atoms with Crippen LogP contribution in [-0.4, -0.2) is 15.0 Å². The molecule has 1 N–H and O–H groups in total. The van der Waals surface area contributed by atoms with E-state index in [-0.39, 0.29) is 5.69 Å². The summed E-state index contributed by atoms with van der Waals surface area (Å²) in [7, 11) is 0. The molecule has 0 radical (unpaired) electrons. The number of carbonyl (C=O) groups is 1. The van der Waals surface area contributed by atoms with Crippen molar-refractivity contribution in [1.82, 2.24) is 9.13 Å². The molecule has 0 unspecified atom stereocenters. The Morgan fingerprint density at radius 1 is 1.10 bits per heavy atom. The summed E-state index contributed by atoms with van der Waals surface area (Å²) in [6.07, 6.45) is 0. The molecule has 4 rings (SSSR count). The molecule has 0 spiro atoms. The third-order valence-corrected chi connectivity index (χ3v) is 5.97. The number of rotatable bonds is 4. The molecule has 0 saturated heterocycles. The van der Waals surface area contributed by atoms with Crippen molar-refractivity contribution in [3.05, 3.63) is 91.4 Å². The zero-order valence-electron chi connectivity index (χ0n) is 16.6. The zero-order valence-corrected chi connectivity index (χ0v) is 17.4. The van der Waals surface area contributed by atoms with Gasteiger partial charge in [-0.25, -0.2) is 18.1 Å². The minimum absolute atomic E-state index is 0.205. The van der Waals surface area contributed by atoms with Gasteiger partial charge in [0.1, 0.15) is 22.9 Å². The average molecular weight is 441 g/mol. The molecule has 0 atom stereocenters. The first-order chi connectivity index (χ1) is 14.8. The Labute approximate surface area is 179 Å². The van der Waals surface area contributed by atoms with E-state index in [0.717, 1.165) is 39.2 Å². The molecule has 0 aliphatic heterocycles. The lowest BCUT2D eigenvalue weighted by Crippen LogP contribution is -2.40. The van der Waals surface area contributed by atoms with E-state index in [9.17, 15) is 23.2 Å². The summed E-state index contributed by atoms with van der Waals surface area (Å²) in [5.74, 6) is -2.39. The highest BCUT2D eigenvalue weighted by Crippen LogP contribution is 2.20. The Morgan fingerprint density at radius 2 is 1.87 bits per heavy atom. The lowest BCUT2D eigenvalue weighted by Gasteiger charge is -2.15. The quantitative estimate of drug-likeness (QED) is 0.524. The standard InChI is InChI=1S/C22H17F2N3O3S/c1-12-4-3-5-17(13(12)2)27-21(29)20-18(8-9-31-20)26(22(27)30)11-19(28)25-16-7-6-14(23)10-15(16)24/h3-10H,11H2,1-2H3,(H,25,28). The van der Waals surface area contributed by atoms with Crippen molar-refractivity contribution in [3.63, 3.8) is 0 Å². The molecular formula is C22H17F2N3O3S. The van der Waals surface area contributed by atoms with Gasteiger partial charge in [-0.05, 0) is 54.6 Å². The molecule has 0 fully saturated rings. The van der Waals surface area contributed by atoms with Crippen LogP contribution in [0.4, 0.5) is 14.5 Å². The summed E-state index contributed by atoms with van der Waals surface area (Å²) < 4.78 is 29.5. The molecule has 9 heteroatoms. The number of aromatic nitrogens is 2. The second-order valence-corrected chi connectivity index (χ2v) is 7.95. The summed E-state index contributed by atoms with van der Waals surface area (Å²) in [5, 5.41) is 4.00. The molecule has 0 aliphatic rings. The van der Waals surface area contributed by atoms with E-state index in [0.29, 0.717) is 22.0 Å². The van der Waals surface area contributed by atoms with Crippen LogP contribution in [0.5, 0.6) is 0 Å². The van der Waals surface area contributed by atoms with Crippen LogP contribution in [0.3, 0.4) is 0 Å². The SMILES string of the molecule is Cc1cccc(-n2c(=O)c3sccc3n(CC(=O)Nc3ccc(F)cc3F)c2=O)c1C. The number of fused-ring (bicyclic) bond motifs is 1. The molecule has 2 aromatic carbocycles. The fourth-order valence-corrected chi connectivity index (χ4v) is 4.18. The summed E-state index contributed by atoms with van der Waals surface area (Å²) in [6.45, 7) is 3.23. The molecule has 2 aromatic heterocycles. The maximum absolute atomic E-state index is 13.9. The number of benzene rings is 2. The van der Waals surface area contributed by atoms with Crippen molar-refractivity contribution >= 4 is 33.1 Å². The third kappa shape index (κ3) is 3.68. The van der Waals surface area contributed by atoms with E-state index in [2.05, 4.69) is 5.32 Å². The average Bonchev–Trinajstić information content (AvgIpc) is 3.21. The van der Waals surface area contributed by atoms with Gasteiger partial charge in [0.25, 0.3) is 5.56 Å². The maximum Gasteiger partial charge on any atom is 0.336 e. The zero-order chi connectivity index (χ0) is 22.3. The number of carbonyl (C=O) groups excluding carboxylic acids is 1. The topological polar surface area (TPSA) is 73.1 Å². The van der Waals surface area contributed by atoms with Crippen LogP contribution in [0.2, 0.25) is 0 Å². The number of anilines is 1. The minimum atomic E-state index is -0.929. The van der Waals surface area contributed by atoms with E-state index in [1.807, 2.05) is 19.9 Å². The lowest BCUT2D eigenvalue weighted by atomic mass is 10.1. The fraction of sp³-hybridized carbons (Fsp3) is 0.136. The number of thiophene rings is 1. The van der Waals surface area contributed by atoms with Crippen molar-refractivity contribution < 1.29 is 13.6 Å². The molecule has 1 amide bonds. The number of amides is 1. The second-order valence-electron chi connectivity index (χ2n) is 7.04. The van der Waals surface area contributed by atoms with Crippen molar-refractivity contribution in [2.24, 2.45) is 0 Å². The fourth-order valence-electron chi connectivity index (χ4n) is 3.35. The van der Waals surface area contributed by atoms with Gasteiger partial charge in [0.05, 0.1) is 16.9 Å². The first-order valence-electron chi connectivity index (χ1n) is 9.32. The van der Waals surface area contributed by atoms with Crippen LogP contribution >= 0.6 is 11.3 Å². The highest BCUT2D eigenvalue weighted by Gasteiger charge is 2.19. The van der Waals surface area contributed by atoms with E-state index >= 15 is 0 Å². The van der Waals surface area contributed by atoms with E-state index in [1.165, 1.54) is 4.57 Å². The van der Waals surface area contributed by atoms with Gasteiger partial charge < -0.3 is 5.32 Å².